The minimum Gasteiger partial charge on any atom is -0.457 e. The molecule has 70 heavy (non-hydrogen) atoms. The molecule has 0 radical (unpaired) electrons. The standard InChI is InChI=1S/C57H103O12P/c1-3-5-7-9-11-13-15-17-19-21-23-25-26-27-28-30-32-34-36-38-40-42-44-46-51(58)68-50(49-67-70(64,65)69-57-55(62)53(60)52(59)54(61)56(57)63)48-66-47-45-43-41-39-37-35-33-31-29-24-22-20-18-16-14-12-10-8-6-4-2/h12,14-15,17-18,20-21,23,26-27,50,52-57,59-63H,3-11,13,16,19,22,24-25,28-49H2,1-2H3,(H,64,65)/b14-12-,17-15-,20-18-,23-21-,27-26-. The highest BCUT2D eigenvalue weighted by Gasteiger charge is 2.51. The van der Waals surface area contributed by atoms with Gasteiger partial charge in [-0.15, -0.1) is 0 Å². The number of hydrogen-bond donors (Lipinski definition) is 6. The van der Waals surface area contributed by atoms with Crippen LogP contribution >= 0.6 is 7.82 Å². The smallest absolute Gasteiger partial charge is 0.457 e. The maximum absolute atomic E-state index is 12.9. The molecule has 1 aliphatic carbocycles. The van der Waals surface area contributed by atoms with Crippen LogP contribution in [0, 0.1) is 0 Å². The fourth-order valence-corrected chi connectivity index (χ4v) is 9.37. The molecule has 0 heterocycles. The molecule has 408 valence electrons. The van der Waals surface area contributed by atoms with Crippen LogP contribution in [0.5, 0.6) is 0 Å². The van der Waals surface area contributed by atoms with Gasteiger partial charge < -0.3 is 39.9 Å². The van der Waals surface area contributed by atoms with E-state index in [-0.39, 0.29) is 13.0 Å². The number of carbonyl (C=O) groups excluding carboxylic acids is 1. The maximum Gasteiger partial charge on any atom is 0.472 e. The summed E-state index contributed by atoms with van der Waals surface area (Å²) in [6.07, 6.45) is 48.5. The third kappa shape index (κ3) is 37.7. The van der Waals surface area contributed by atoms with Gasteiger partial charge in [-0.1, -0.05) is 203 Å². The average molecular weight is 1010 g/mol. The van der Waals surface area contributed by atoms with Crippen molar-refractivity contribution in [3.63, 3.8) is 0 Å². The van der Waals surface area contributed by atoms with Crippen LogP contribution < -0.4 is 0 Å². The Balaban J connectivity index is 2.31. The van der Waals surface area contributed by atoms with E-state index in [1.807, 2.05) is 0 Å². The molecule has 0 bridgehead atoms. The first kappa shape index (κ1) is 66.1. The van der Waals surface area contributed by atoms with Crippen LogP contribution in [-0.4, -0.2) is 98.9 Å². The maximum atomic E-state index is 12.9. The molecule has 1 aliphatic rings. The quantitative estimate of drug-likeness (QED) is 0.0146. The van der Waals surface area contributed by atoms with Crippen molar-refractivity contribution in [3.05, 3.63) is 60.8 Å². The number of hydrogen-bond acceptors (Lipinski definition) is 11. The Bertz CT molecular complexity index is 1380. The van der Waals surface area contributed by atoms with Gasteiger partial charge in [-0.3, -0.25) is 13.8 Å². The summed E-state index contributed by atoms with van der Waals surface area (Å²) in [5.41, 5.74) is 0. The molecule has 12 nitrogen and oxygen atoms in total. The topological polar surface area (TPSA) is 192 Å². The Kier molecular flexibility index (Phi) is 44.2. The van der Waals surface area contributed by atoms with E-state index in [4.69, 9.17) is 18.5 Å². The van der Waals surface area contributed by atoms with Crippen molar-refractivity contribution < 1.29 is 58.3 Å². The minimum atomic E-state index is -5.03. The number of aliphatic hydroxyl groups excluding tert-OH is 5. The summed E-state index contributed by atoms with van der Waals surface area (Å²) in [4.78, 5) is 23.3. The highest BCUT2D eigenvalue weighted by molar-refractivity contribution is 7.47. The predicted molar refractivity (Wildman–Crippen MR) is 285 cm³/mol. The van der Waals surface area contributed by atoms with Gasteiger partial charge in [0.2, 0.25) is 0 Å². The zero-order valence-corrected chi connectivity index (χ0v) is 45.0. The van der Waals surface area contributed by atoms with Gasteiger partial charge in [0.1, 0.15) is 42.7 Å². The summed E-state index contributed by atoms with van der Waals surface area (Å²) in [5.74, 6) is -0.485. The Morgan fingerprint density at radius 3 is 1.24 bits per heavy atom. The van der Waals surface area contributed by atoms with Gasteiger partial charge >= 0.3 is 13.8 Å². The zero-order valence-electron chi connectivity index (χ0n) is 44.1. The molecule has 1 saturated carbocycles. The van der Waals surface area contributed by atoms with E-state index >= 15 is 0 Å². The van der Waals surface area contributed by atoms with E-state index in [0.29, 0.717) is 13.0 Å². The zero-order chi connectivity index (χ0) is 51.2. The lowest BCUT2D eigenvalue weighted by atomic mass is 9.85. The normalized spacial score (nSPS) is 21.3. The number of carbonyl (C=O) groups is 1. The number of esters is 1. The van der Waals surface area contributed by atoms with Crippen molar-refractivity contribution in [2.75, 3.05) is 19.8 Å². The molecule has 6 atom stereocenters. The molecule has 0 spiro atoms. The third-order valence-corrected chi connectivity index (χ3v) is 13.8. The van der Waals surface area contributed by atoms with Crippen LogP contribution in [0.25, 0.3) is 0 Å². The van der Waals surface area contributed by atoms with Crippen LogP contribution in [0.1, 0.15) is 232 Å². The van der Waals surface area contributed by atoms with E-state index < -0.39 is 63.1 Å². The molecule has 1 fully saturated rings. The molecule has 0 aromatic heterocycles. The van der Waals surface area contributed by atoms with Gasteiger partial charge in [0.15, 0.2) is 0 Å². The Morgan fingerprint density at radius 1 is 0.457 bits per heavy atom. The van der Waals surface area contributed by atoms with Gasteiger partial charge in [-0.25, -0.2) is 4.57 Å². The number of ether oxygens (including phenoxy) is 2. The monoisotopic (exact) mass is 1010 g/mol. The number of allylic oxidation sites excluding steroid dienone is 10. The molecule has 0 saturated heterocycles. The molecular formula is C57H103O12P. The summed E-state index contributed by atoms with van der Waals surface area (Å²) in [7, 11) is -5.03. The van der Waals surface area contributed by atoms with Crippen molar-refractivity contribution >= 4 is 13.8 Å². The second-order valence-corrected chi connectivity index (χ2v) is 20.8. The number of phosphoric acid groups is 1. The van der Waals surface area contributed by atoms with Crippen LogP contribution in [0.15, 0.2) is 60.8 Å². The largest absolute Gasteiger partial charge is 0.472 e. The third-order valence-electron chi connectivity index (χ3n) is 12.9. The lowest BCUT2D eigenvalue weighted by Gasteiger charge is -2.41. The van der Waals surface area contributed by atoms with Crippen molar-refractivity contribution in [1.29, 1.82) is 0 Å². The van der Waals surface area contributed by atoms with Crippen LogP contribution in [0.3, 0.4) is 0 Å². The SMILES string of the molecule is CCCCC/C=C\C/C=C\CCCCCCCCCCCCOCC(COP(=O)(O)OC1C(O)C(O)C(O)C(O)C1O)OC(=O)CCCCCCCCCC/C=C\C/C=C\C/C=C\CCCCCCC. The Hall–Kier alpha value is -1.96. The molecule has 6 N–H and O–H groups in total. The summed E-state index contributed by atoms with van der Waals surface area (Å²) < 4.78 is 34.4. The number of unbranched alkanes of at least 4 members (excludes halogenated alkanes) is 26. The van der Waals surface area contributed by atoms with Crippen LogP contribution in [0.4, 0.5) is 0 Å². The van der Waals surface area contributed by atoms with Gasteiger partial charge in [0, 0.05) is 13.0 Å². The van der Waals surface area contributed by atoms with Gasteiger partial charge in [0.25, 0.3) is 0 Å². The number of phosphoric ester groups is 1. The van der Waals surface area contributed by atoms with E-state index in [0.717, 1.165) is 77.0 Å². The average Bonchev–Trinajstić information content (AvgIpc) is 3.35. The van der Waals surface area contributed by atoms with E-state index in [1.165, 1.54) is 128 Å². The van der Waals surface area contributed by atoms with Crippen molar-refractivity contribution in [1.82, 2.24) is 0 Å². The fourth-order valence-electron chi connectivity index (χ4n) is 8.39. The van der Waals surface area contributed by atoms with E-state index in [2.05, 4.69) is 74.6 Å². The van der Waals surface area contributed by atoms with Crippen molar-refractivity contribution in [2.24, 2.45) is 0 Å². The molecule has 0 amide bonds. The van der Waals surface area contributed by atoms with Crippen molar-refractivity contribution in [2.45, 2.75) is 275 Å². The van der Waals surface area contributed by atoms with Gasteiger partial charge in [0.05, 0.1) is 13.2 Å². The molecule has 6 unspecified atom stereocenters. The summed E-state index contributed by atoms with van der Waals surface area (Å²) >= 11 is 0. The molecule has 0 aromatic rings. The Morgan fingerprint density at radius 2 is 0.800 bits per heavy atom. The van der Waals surface area contributed by atoms with Crippen LogP contribution in [0.2, 0.25) is 0 Å². The van der Waals surface area contributed by atoms with Crippen LogP contribution in [-0.2, 0) is 27.9 Å². The number of aliphatic hydroxyl groups is 5. The molecule has 0 aromatic carbocycles. The lowest BCUT2D eigenvalue weighted by molar-refractivity contribution is -0.220. The van der Waals surface area contributed by atoms with E-state index in [9.17, 15) is 39.8 Å². The molecule has 1 rings (SSSR count). The number of rotatable bonds is 48. The van der Waals surface area contributed by atoms with Crippen molar-refractivity contribution in [3.8, 4) is 0 Å². The summed E-state index contributed by atoms with van der Waals surface area (Å²) in [5, 5.41) is 50.4. The predicted octanol–water partition coefficient (Wildman–Crippen LogP) is 13.3. The fraction of sp³-hybridized carbons (Fsp3) is 0.807. The highest BCUT2D eigenvalue weighted by Crippen LogP contribution is 2.47. The molecule has 0 aliphatic heterocycles. The Labute approximate surface area is 426 Å². The lowest BCUT2D eigenvalue weighted by Crippen LogP contribution is -2.64. The second kappa shape index (κ2) is 46.8. The first-order chi connectivity index (χ1) is 34.0. The van der Waals surface area contributed by atoms with Gasteiger partial charge in [-0.2, -0.15) is 0 Å². The minimum absolute atomic E-state index is 0.0833. The van der Waals surface area contributed by atoms with Gasteiger partial charge in [-0.05, 0) is 83.5 Å². The van der Waals surface area contributed by atoms with E-state index in [1.54, 1.807) is 0 Å². The first-order valence-corrected chi connectivity index (χ1v) is 29.6. The first-order valence-electron chi connectivity index (χ1n) is 28.1. The molecular weight excluding hydrogens is 908 g/mol. The molecule has 13 heteroatoms. The summed E-state index contributed by atoms with van der Waals surface area (Å²) in [6.45, 7) is 4.24. The second-order valence-electron chi connectivity index (χ2n) is 19.4. The highest BCUT2D eigenvalue weighted by atomic mass is 31.2. The summed E-state index contributed by atoms with van der Waals surface area (Å²) in [6, 6.07) is 0.